The van der Waals surface area contributed by atoms with Gasteiger partial charge in [-0.05, 0) is 94.1 Å². The molecule has 0 bridgehead atoms. The van der Waals surface area contributed by atoms with E-state index in [1.165, 1.54) is 0 Å². The van der Waals surface area contributed by atoms with Crippen LogP contribution in [0.25, 0.3) is 22.5 Å². The zero-order valence-corrected chi connectivity index (χ0v) is 42.4. The molecule has 0 saturated carbocycles. The maximum absolute atomic E-state index is 13.4. The Morgan fingerprint density at radius 3 is 1.27 bits per heavy atom. The van der Waals surface area contributed by atoms with Gasteiger partial charge in [-0.25, -0.2) is 26.8 Å². The number of aromatic nitrogens is 2. The zero-order chi connectivity index (χ0) is 47.5. The number of aryl methyl sites for hydroxylation is 6. The molecule has 2 aromatic heterocycles. The fraction of sp³-hybridized carbons (Fsp3) is 0.375. The largest absolute Gasteiger partial charge is 0.497 e. The standard InChI is InChI=1S/2C24H29N3O4S2/c1-16-12-17(2)23(18(3)13-16)33(28,29)27-10-8-26(9-11-27)24-25-21(15-32-24)20-14-19(30-4)6-7-22(20)31-5;1-16-12-17(2)23(18(3)13-16)33(28,29)27-10-8-26(9-11-27)24-25-21(15-32-24)20-7-6-19(30-4)14-22(20)31-5/h2*6-7,12-15H,8-11H2,1-5H3. The van der Waals surface area contributed by atoms with Crippen LogP contribution in [0.15, 0.2) is 81.2 Å². The van der Waals surface area contributed by atoms with Crippen LogP contribution in [0.2, 0.25) is 0 Å². The third-order valence-corrected chi connectivity index (χ3v) is 18.0. The van der Waals surface area contributed by atoms with Crippen LogP contribution in [0.1, 0.15) is 33.4 Å². The summed E-state index contributed by atoms with van der Waals surface area (Å²) in [7, 11) is -0.565. The van der Waals surface area contributed by atoms with E-state index in [4.69, 9.17) is 28.9 Å². The summed E-state index contributed by atoms with van der Waals surface area (Å²) in [5, 5.41) is 5.74. The number of rotatable bonds is 12. The second-order valence-corrected chi connectivity index (χ2v) is 21.8. The molecular weight excluding hydrogens is 917 g/mol. The number of nitrogens with zero attached hydrogens (tertiary/aromatic N) is 6. The number of sulfonamides is 2. The summed E-state index contributed by atoms with van der Waals surface area (Å²) >= 11 is 3.10. The zero-order valence-electron chi connectivity index (χ0n) is 39.2. The third kappa shape index (κ3) is 10.2. The van der Waals surface area contributed by atoms with Crippen LogP contribution in [0.5, 0.6) is 23.0 Å². The molecule has 0 unspecified atom stereocenters. The molecule has 0 N–H and O–H groups in total. The van der Waals surface area contributed by atoms with Gasteiger partial charge in [0, 0.05) is 80.3 Å². The molecular formula is C48H58N6O8S4. The molecule has 66 heavy (non-hydrogen) atoms. The van der Waals surface area contributed by atoms with E-state index in [-0.39, 0.29) is 0 Å². The molecule has 2 aliphatic rings. The highest BCUT2D eigenvalue weighted by Gasteiger charge is 2.33. The van der Waals surface area contributed by atoms with Gasteiger partial charge >= 0.3 is 0 Å². The van der Waals surface area contributed by atoms with Crippen LogP contribution >= 0.6 is 22.7 Å². The minimum Gasteiger partial charge on any atom is -0.497 e. The van der Waals surface area contributed by atoms with Gasteiger partial charge in [0.15, 0.2) is 10.3 Å². The second kappa shape index (κ2) is 20.3. The first-order valence-corrected chi connectivity index (χ1v) is 26.1. The lowest BCUT2D eigenvalue weighted by atomic mass is 10.1. The maximum Gasteiger partial charge on any atom is 0.243 e. The summed E-state index contributed by atoms with van der Waals surface area (Å²) in [5.41, 5.74) is 8.74. The number of piperazine rings is 2. The predicted octanol–water partition coefficient (Wildman–Crippen LogP) is 8.53. The van der Waals surface area contributed by atoms with Gasteiger partial charge in [-0.3, -0.25) is 0 Å². The van der Waals surface area contributed by atoms with Gasteiger partial charge in [0.1, 0.15) is 23.0 Å². The van der Waals surface area contributed by atoms with E-state index in [2.05, 4.69) is 9.80 Å². The Hall–Kier alpha value is -5.24. The van der Waals surface area contributed by atoms with E-state index < -0.39 is 20.0 Å². The molecule has 18 heteroatoms. The number of thiazole rings is 2. The van der Waals surface area contributed by atoms with Crippen molar-refractivity contribution in [1.82, 2.24) is 18.6 Å². The maximum atomic E-state index is 13.4. The quantitative estimate of drug-likeness (QED) is 0.116. The smallest absolute Gasteiger partial charge is 0.243 e. The molecule has 6 aromatic rings. The molecule has 0 amide bonds. The second-order valence-electron chi connectivity index (χ2n) is 16.4. The van der Waals surface area contributed by atoms with Crippen molar-refractivity contribution in [3.8, 4) is 45.5 Å². The molecule has 8 rings (SSSR count). The monoisotopic (exact) mass is 974 g/mol. The summed E-state index contributed by atoms with van der Waals surface area (Å²) in [6.07, 6.45) is 0. The average molecular weight is 975 g/mol. The fourth-order valence-electron chi connectivity index (χ4n) is 8.74. The van der Waals surface area contributed by atoms with Crippen molar-refractivity contribution >= 4 is 53.0 Å². The molecule has 2 fully saturated rings. The molecule has 0 aliphatic carbocycles. The van der Waals surface area contributed by atoms with Gasteiger partial charge in [0.25, 0.3) is 0 Å². The van der Waals surface area contributed by atoms with Crippen LogP contribution in [-0.2, 0) is 20.0 Å². The van der Waals surface area contributed by atoms with Crippen LogP contribution in [0, 0.1) is 41.5 Å². The highest BCUT2D eigenvalue weighted by molar-refractivity contribution is 7.89. The Balaban J connectivity index is 0.000000196. The Bertz CT molecular complexity index is 2870. The number of benzene rings is 4. The molecule has 2 aliphatic heterocycles. The summed E-state index contributed by atoms with van der Waals surface area (Å²) in [4.78, 5) is 14.8. The average Bonchev–Trinajstić information content (AvgIpc) is 4.00. The highest BCUT2D eigenvalue weighted by atomic mass is 32.2. The van der Waals surface area contributed by atoms with Gasteiger partial charge in [0.05, 0.1) is 49.6 Å². The van der Waals surface area contributed by atoms with Gasteiger partial charge in [-0.15, -0.1) is 22.7 Å². The minimum atomic E-state index is -3.54. The number of methoxy groups -OCH3 is 4. The van der Waals surface area contributed by atoms with E-state index in [1.54, 1.807) is 59.7 Å². The van der Waals surface area contributed by atoms with Crippen molar-refractivity contribution in [1.29, 1.82) is 0 Å². The summed E-state index contributed by atoms with van der Waals surface area (Å²) < 4.78 is 78.3. The summed E-state index contributed by atoms with van der Waals surface area (Å²) in [5.74, 6) is 2.89. The molecule has 14 nitrogen and oxygen atoms in total. The van der Waals surface area contributed by atoms with Gasteiger partial charge in [-0.2, -0.15) is 8.61 Å². The Labute approximate surface area is 397 Å². The lowest BCUT2D eigenvalue weighted by Gasteiger charge is -2.34. The normalized spacial score (nSPS) is 15.0. The molecule has 0 radical (unpaired) electrons. The van der Waals surface area contributed by atoms with Gasteiger partial charge in [0.2, 0.25) is 20.0 Å². The third-order valence-electron chi connectivity index (χ3n) is 11.8. The molecule has 352 valence electrons. The van der Waals surface area contributed by atoms with Crippen molar-refractivity contribution in [2.75, 3.05) is 90.6 Å². The van der Waals surface area contributed by atoms with Crippen molar-refractivity contribution < 1.29 is 35.8 Å². The summed E-state index contributed by atoms with van der Waals surface area (Å²) in [6.45, 7) is 15.5. The lowest BCUT2D eigenvalue weighted by Crippen LogP contribution is -2.48. The number of hydrogen-bond acceptors (Lipinski definition) is 14. The topological polar surface area (TPSA) is 144 Å². The van der Waals surface area contributed by atoms with E-state index in [1.807, 2.05) is 113 Å². The first kappa shape index (κ1) is 48.7. The van der Waals surface area contributed by atoms with E-state index in [9.17, 15) is 16.8 Å². The highest BCUT2D eigenvalue weighted by Crippen LogP contribution is 2.38. The minimum absolute atomic E-state index is 0.423. The van der Waals surface area contributed by atoms with Gasteiger partial charge in [-0.1, -0.05) is 35.4 Å². The van der Waals surface area contributed by atoms with Gasteiger partial charge < -0.3 is 28.7 Å². The SMILES string of the molecule is COc1ccc(-c2csc(N3CCN(S(=O)(=O)c4c(C)cc(C)cc4C)CC3)n2)c(OC)c1.COc1ccc(OC)c(-c2csc(N3CCN(S(=O)(=O)c4c(C)cc(C)cc4C)CC3)n2)c1. The lowest BCUT2D eigenvalue weighted by molar-refractivity contribution is 0.384. The first-order valence-electron chi connectivity index (χ1n) is 21.5. The molecule has 0 spiro atoms. The predicted molar refractivity (Wildman–Crippen MR) is 265 cm³/mol. The van der Waals surface area contributed by atoms with E-state index >= 15 is 0 Å². The Morgan fingerprint density at radius 2 is 0.864 bits per heavy atom. The van der Waals surface area contributed by atoms with Crippen molar-refractivity contribution in [3.05, 3.63) is 105 Å². The molecule has 2 saturated heterocycles. The first-order chi connectivity index (χ1) is 31.5. The number of anilines is 2. The van der Waals surface area contributed by atoms with Crippen LogP contribution in [0.4, 0.5) is 10.3 Å². The Kier molecular flexibility index (Phi) is 15.0. The van der Waals surface area contributed by atoms with Crippen LogP contribution in [-0.4, -0.2) is 116 Å². The van der Waals surface area contributed by atoms with E-state index in [0.717, 1.165) is 83.4 Å². The number of ether oxygens (including phenoxy) is 4. The molecule has 0 atom stereocenters. The van der Waals surface area contributed by atoms with Crippen molar-refractivity contribution in [2.45, 2.75) is 51.3 Å². The molecule has 4 aromatic carbocycles. The van der Waals surface area contributed by atoms with Crippen LogP contribution < -0.4 is 28.7 Å². The number of hydrogen-bond donors (Lipinski definition) is 0. The van der Waals surface area contributed by atoms with E-state index in [0.29, 0.717) is 67.9 Å². The molecule has 4 heterocycles. The fourth-order valence-corrected chi connectivity index (χ4v) is 14.2. The Morgan fingerprint density at radius 1 is 0.470 bits per heavy atom. The van der Waals surface area contributed by atoms with Crippen LogP contribution in [0.3, 0.4) is 0 Å². The summed E-state index contributed by atoms with van der Waals surface area (Å²) in [6, 6.07) is 19.0. The van der Waals surface area contributed by atoms with Crippen molar-refractivity contribution in [2.24, 2.45) is 0 Å². The van der Waals surface area contributed by atoms with Crippen molar-refractivity contribution in [3.63, 3.8) is 0 Å².